The normalized spacial score (nSPS) is 13.1. The van der Waals surface area contributed by atoms with E-state index in [-0.39, 0.29) is 18.6 Å². The van der Waals surface area contributed by atoms with E-state index in [1.54, 1.807) is 38.6 Å². The Labute approximate surface area is 473 Å². The molecule has 0 saturated heterocycles. The number of esters is 2. The van der Waals surface area contributed by atoms with Gasteiger partial charge in [-0.25, -0.2) is 0 Å². The molecule has 0 spiro atoms. The zero-order valence-electron chi connectivity index (χ0n) is 45.7. The second-order valence-electron chi connectivity index (χ2n) is 20.4. The Balaban J connectivity index is 1.24. The zero-order chi connectivity index (χ0) is 56.9. The third kappa shape index (κ3) is 17.0. The van der Waals surface area contributed by atoms with E-state index in [2.05, 4.69) is 62.4 Å². The van der Waals surface area contributed by atoms with E-state index in [0.29, 0.717) is 12.2 Å². The largest absolute Gasteiger partial charge is 0.468 e. The number of aliphatic hydroxyl groups excluding tert-OH is 1. The summed E-state index contributed by atoms with van der Waals surface area (Å²) < 4.78 is 8.78. The summed E-state index contributed by atoms with van der Waals surface area (Å²) in [6.07, 6.45) is 1.82. The molecule has 0 bridgehead atoms. The standard InChI is InChI=1S/C64H72N4O9S2/c1-61(2,3)77-56(71)41-40-53(66-55(70)43-52(69)39-25-26-42-78-63(46-27-13-7-14-28-46,47-29-15-8-16-30-47)48-31-17-9-18-32-48)58(73)67-54(59(74)68-62(4,5)60(75)65-44-57(72)76-6)45-79-64(49-33-19-10-20-34-49,50-35-21-11-22-36-50)51-37-23-12-24-38-51/h7-25,27-39,52-54,69H,26,40-45H2,1-6H3,(H,65,75)(H,66,70)(H,67,73)(H,68,74)/b39-25+/t52-,53-,54-/m1/s1. The number of hydrogen-bond acceptors (Lipinski definition) is 11. The number of hydrogen-bond donors (Lipinski definition) is 5. The van der Waals surface area contributed by atoms with Crippen molar-refractivity contribution in [2.24, 2.45) is 0 Å². The number of rotatable bonds is 27. The van der Waals surface area contributed by atoms with Crippen LogP contribution >= 0.6 is 23.5 Å². The average Bonchev–Trinajstić information content (AvgIpc) is 3.50. The summed E-state index contributed by atoms with van der Waals surface area (Å²) in [5, 5.41) is 22.1. The summed E-state index contributed by atoms with van der Waals surface area (Å²) in [4.78, 5) is 82.0. The molecule has 0 aromatic heterocycles. The molecular weight excluding hydrogens is 1030 g/mol. The van der Waals surface area contributed by atoms with E-state index >= 15 is 0 Å². The van der Waals surface area contributed by atoms with Crippen molar-refractivity contribution < 1.29 is 43.3 Å². The number of nitrogens with one attached hydrogen (secondary N) is 4. The zero-order valence-corrected chi connectivity index (χ0v) is 47.3. The van der Waals surface area contributed by atoms with E-state index < -0.39 is 87.4 Å². The second-order valence-corrected chi connectivity index (χ2v) is 22.9. The fraction of sp³-hybridized carbons (Fsp3) is 0.312. The van der Waals surface area contributed by atoms with Crippen molar-refractivity contribution in [3.8, 4) is 0 Å². The van der Waals surface area contributed by atoms with Crippen LogP contribution in [-0.4, -0.2) is 95.2 Å². The molecule has 0 aliphatic carbocycles. The number of thioether (sulfide) groups is 2. The molecule has 79 heavy (non-hydrogen) atoms. The third-order valence-electron chi connectivity index (χ3n) is 12.9. The van der Waals surface area contributed by atoms with Crippen LogP contribution in [0.15, 0.2) is 194 Å². The Morgan fingerprint density at radius 3 is 1.38 bits per heavy atom. The van der Waals surface area contributed by atoms with Gasteiger partial charge in [0.1, 0.15) is 29.8 Å². The van der Waals surface area contributed by atoms with E-state index in [1.807, 2.05) is 152 Å². The predicted octanol–water partition coefficient (Wildman–Crippen LogP) is 9.41. The smallest absolute Gasteiger partial charge is 0.325 e. The lowest BCUT2D eigenvalue weighted by molar-refractivity contribution is -0.155. The van der Waals surface area contributed by atoms with Crippen molar-refractivity contribution in [1.29, 1.82) is 0 Å². The van der Waals surface area contributed by atoms with Crippen LogP contribution in [0.5, 0.6) is 0 Å². The molecule has 15 heteroatoms. The molecule has 13 nitrogen and oxygen atoms in total. The minimum atomic E-state index is -1.60. The van der Waals surface area contributed by atoms with Crippen molar-refractivity contribution in [3.05, 3.63) is 228 Å². The Hall–Kier alpha value is -7.46. The Kier molecular flexibility index (Phi) is 22.3. The van der Waals surface area contributed by atoms with Crippen molar-refractivity contribution in [3.63, 3.8) is 0 Å². The molecule has 0 aliphatic heterocycles. The maximum atomic E-state index is 14.8. The molecule has 0 unspecified atom stereocenters. The van der Waals surface area contributed by atoms with Gasteiger partial charge in [0, 0.05) is 12.2 Å². The van der Waals surface area contributed by atoms with Gasteiger partial charge in [-0.1, -0.05) is 194 Å². The van der Waals surface area contributed by atoms with Crippen LogP contribution in [-0.2, 0) is 47.7 Å². The molecule has 0 radical (unpaired) electrons. The highest BCUT2D eigenvalue weighted by Crippen LogP contribution is 2.50. The van der Waals surface area contributed by atoms with Gasteiger partial charge in [0.2, 0.25) is 23.6 Å². The molecule has 4 amide bonds. The first-order chi connectivity index (χ1) is 37.9. The first-order valence-electron chi connectivity index (χ1n) is 26.3. The highest BCUT2D eigenvalue weighted by atomic mass is 32.2. The number of carbonyl (C=O) groups excluding carboxylic acids is 6. The quantitative estimate of drug-likeness (QED) is 0.0143. The number of allylic oxidation sites excluding steroid dienone is 1. The summed E-state index contributed by atoms with van der Waals surface area (Å²) >= 11 is 3.16. The summed E-state index contributed by atoms with van der Waals surface area (Å²) in [6.45, 7) is 7.63. The first-order valence-corrected chi connectivity index (χ1v) is 28.3. The van der Waals surface area contributed by atoms with Crippen molar-refractivity contribution in [2.45, 2.75) is 99.1 Å². The Bertz CT molecular complexity index is 2750. The van der Waals surface area contributed by atoms with Crippen LogP contribution in [0.3, 0.4) is 0 Å². The number of aliphatic hydroxyl groups is 1. The van der Waals surface area contributed by atoms with E-state index in [0.717, 1.165) is 33.4 Å². The lowest BCUT2D eigenvalue weighted by Crippen LogP contribution is -2.61. The highest BCUT2D eigenvalue weighted by Gasteiger charge is 2.41. The molecule has 0 heterocycles. The van der Waals surface area contributed by atoms with Gasteiger partial charge in [0.15, 0.2) is 0 Å². The number of amides is 4. The molecule has 414 valence electrons. The van der Waals surface area contributed by atoms with Gasteiger partial charge in [-0.2, -0.15) is 0 Å². The topological polar surface area (TPSA) is 189 Å². The summed E-state index contributed by atoms with van der Waals surface area (Å²) in [5.41, 5.74) is 3.59. The minimum Gasteiger partial charge on any atom is -0.468 e. The van der Waals surface area contributed by atoms with Gasteiger partial charge in [0.25, 0.3) is 0 Å². The van der Waals surface area contributed by atoms with Gasteiger partial charge in [-0.15, -0.1) is 23.5 Å². The predicted molar refractivity (Wildman–Crippen MR) is 314 cm³/mol. The van der Waals surface area contributed by atoms with Crippen LogP contribution < -0.4 is 21.3 Å². The molecule has 6 aromatic rings. The maximum absolute atomic E-state index is 14.8. The number of benzene rings is 6. The van der Waals surface area contributed by atoms with Crippen LogP contribution in [0.1, 0.15) is 93.7 Å². The second kappa shape index (κ2) is 29.0. The summed E-state index contributed by atoms with van der Waals surface area (Å²) in [6, 6.07) is 57.5. The molecule has 0 aliphatic rings. The highest BCUT2D eigenvalue weighted by molar-refractivity contribution is 8.00. The molecule has 6 aromatic carbocycles. The SMILES string of the molecule is COC(=O)CNC(=O)C(C)(C)NC(=O)[C@@H](CSC(c1ccccc1)(c1ccccc1)c1ccccc1)NC(=O)[C@@H](CCC(=O)OC(C)(C)C)NC(=O)C[C@H](O)/C=C/CCSC(c1ccccc1)(c1ccccc1)c1ccccc1. The Morgan fingerprint density at radius 1 is 0.557 bits per heavy atom. The number of ether oxygens (including phenoxy) is 2. The first kappa shape index (κ1) is 60.8. The van der Waals surface area contributed by atoms with Gasteiger partial charge in [-0.05, 0) is 86.6 Å². The summed E-state index contributed by atoms with van der Waals surface area (Å²) in [7, 11) is 1.19. The molecule has 3 atom stereocenters. The van der Waals surface area contributed by atoms with Gasteiger partial charge in [-0.3, -0.25) is 28.8 Å². The van der Waals surface area contributed by atoms with Gasteiger partial charge in [0.05, 0.1) is 29.1 Å². The lowest BCUT2D eigenvalue weighted by Gasteiger charge is -2.37. The molecule has 6 rings (SSSR count). The minimum absolute atomic E-state index is 0.0756. The molecule has 5 N–H and O–H groups in total. The van der Waals surface area contributed by atoms with Gasteiger partial charge >= 0.3 is 11.9 Å². The number of methoxy groups -OCH3 is 1. The molecule has 0 fully saturated rings. The average molecular weight is 1110 g/mol. The van der Waals surface area contributed by atoms with E-state index in [9.17, 15) is 33.9 Å². The van der Waals surface area contributed by atoms with Crippen LogP contribution in [0, 0.1) is 0 Å². The Morgan fingerprint density at radius 2 is 0.975 bits per heavy atom. The van der Waals surface area contributed by atoms with E-state index in [4.69, 9.17) is 4.74 Å². The molecular formula is C64H72N4O9S2. The van der Waals surface area contributed by atoms with E-state index in [1.165, 1.54) is 32.7 Å². The monoisotopic (exact) mass is 1100 g/mol. The van der Waals surface area contributed by atoms with Crippen molar-refractivity contribution in [2.75, 3.05) is 25.2 Å². The fourth-order valence-corrected chi connectivity index (χ4v) is 12.1. The maximum Gasteiger partial charge on any atom is 0.325 e. The van der Waals surface area contributed by atoms with Crippen molar-refractivity contribution >= 4 is 59.1 Å². The third-order valence-corrected chi connectivity index (χ3v) is 16.1. The van der Waals surface area contributed by atoms with Crippen LogP contribution in [0.4, 0.5) is 0 Å². The van der Waals surface area contributed by atoms with Gasteiger partial charge < -0.3 is 35.8 Å². The van der Waals surface area contributed by atoms with Crippen molar-refractivity contribution in [1.82, 2.24) is 21.3 Å². The molecule has 0 saturated carbocycles. The van der Waals surface area contributed by atoms with Crippen LogP contribution in [0.25, 0.3) is 0 Å². The number of carbonyl (C=O) groups is 6. The van der Waals surface area contributed by atoms with Crippen LogP contribution in [0.2, 0.25) is 0 Å². The lowest BCUT2D eigenvalue weighted by atomic mass is 9.84. The fourth-order valence-electron chi connectivity index (χ4n) is 9.07. The summed E-state index contributed by atoms with van der Waals surface area (Å²) in [5.74, 6) is -3.63.